The van der Waals surface area contributed by atoms with Gasteiger partial charge in [0.1, 0.15) is 4.88 Å². The predicted molar refractivity (Wildman–Crippen MR) is 57.9 cm³/mol. The molecule has 16 heavy (non-hydrogen) atoms. The van der Waals surface area contributed by atoms with E-state index in [1.165, 1.54) is 11.5 Å². The highest BCUT2D eigenvalue weighted by Gasteiger charge is 2.23. The average molecular weight is 237 g/mol. The van der Waals surface area contributed by atoms with Crippen LogP contribution in [-0.4, -0.2) is 26.3 Å². The number of hydrogen-bond acceptors (Lipinski definition) is 7. The second-order valence-corrected chi connectivity index (χ2v) is 4.55. The first-order chi connectivity index (χ1) is 7.84. The van der Waals surface area contributed by atoms with Gasteiger partial charge in [-0.1, -0.05) is 9.64 Å². The summed E-state index contributed by atoms with van der Waals surface area (Å²) in [5.41, 5.74) is 0.833. The van der Waals surface area contributed by atoms with Crippen molar-refractivity contribution in [1.29, 1.82) is 0 Å². The molecule has 7 heteroatoms. The van der Waals surface area contributed by atoms with E-state index in [1.54, 1.807) is 0 Å². The zero-order valence-corrected chi connectivity index (χ0v) is 9.62. The minimum atomic E-state index is 0.235. The molecule has 0 spiro atoms. The SMILES string of the molecule is Cc1nnsc1-c1nc(C2CCCN2)no1. The van der Waals surface area contributed by atoms with Crippen molar-refractivity contribution in [3.8, 4) is 10.8 Å². The molecular weight excluding hydrogens is 226 g/mol. The van der Waals surface area contributed by atoms with Crippen LogP contribution in [-0.2, 0) is 0 Å². The highest BCUT2D eigenvalue weighted by Crippen LogP contribution is 2.26. The predicted octanol–water partition coefficient (Wildman–Crippen LogP) is 1.32. The molecule has 1 unspecified atom stereocenters. The fourth-order valence-electron chi connectivity index (χ4n) is 1.80. The first-order valence-electron chi connectivity index (χ1n) is 5.21. The molecule has 1 N–H and O–H groups in total. The van der Waals surface area contributed by atoms with E-state index in [4.69, 9.17) is 4.52 Å². The van der Waals surface area contributed by atoms with Crippen LogP contribution in [0.1, 0.15) is 30.4 Å². The van der Waals surface area contributed by atoms with Gasteiger partial charge in [0.25, 0.3) is 5.89 Å². The van der Waals surface area contributed by atoms with E-state index >= 15 is 0 Å². The second kappa shape index (κ2) is 3.91. The largest absolute Gasteiger partial charge is 0.333 e. The molecule has 2 aromatic heterocycles. The third kappa shape index (κ3) is 1.61. The lowest BCUT2D eigenvalue weighted by molar-refractivity contribution is 0.412. The van der Waals surface area contributed by atoms with E-state index in [1.807, 2.05) is 6.92 Å². The maximum atomic E-state index is 5.23. The van der Waals surface area contributed by atoms with Crippen LogP contribution in [0.15, 0.2) is 4.52 Å². The van der Waals surface area contributed by atoms with E-state index in [2.05, 4.69) is 25.0 Å². The molecular formula is C9H11N5OS. The van der Waals surface area contributed by atoms with E-state index < -0.39 is 0 Å². The molecule has 84 valence electrons. The minimum Gasteiger partial charge on any atom is -0.333 e. The van der Waals surface area contributed by atoms with Crippen LogP contribution in [0.3, 0.4) is 0 Å². The van der Waals surface area contributed by atoms with Crippen LogP contribution in [0.4, 0.5) is 0 Å². The summed E-state index contributed by atoms with van der Waals surface area (Å²) in [5, 5.41) is 11.3. The van der Waals surface area contributed by atoms with Gasteiger partial charge in [0, 0.05) is 0 Å². The zero-order valence-electron chi connectivity index (χ0n) is 8.80. The van der Waals surface area contributed by atoms with Crippen LogP contribution in [0, 0.1) is 6.92 Å². The number of hydrogen-bond donors (Lipinski definition) is 1. The van der Waals surface area contributed by atoms with Crippen LogP contribution < -0.4 is 5.32 Å². The number of rotatable bonds is 2. The van der Waals surface area contributed by atoms with Crippen molar-refractivity contribution in [3.63, 3.8) is 0 Å². The van der Waals surface area contributed by atoms with Crippen molar-refractivity contribution >= 4 is 11.5 Å². The van der Waals surface area contributed by atoms with Crippen LogP contribution in [0.2, 0.25) is 0 Å². The van der Waals surface area contributed by atoms with Gasteiger partial charge in [-0.2, -0.15) is 4.98 Å². The van der Waals surface area contributed by atoms with Gasteiger partial charge in [-0.3, -0.25) is 0 Å². The Kier molecular flexibility index (Phi) is 2.41. The number of nitrogens with zero attached hydrogens (tertiary/aromatic N) is 4. The van der Waals surface area contributed by atoms with Crippen molar-refractivity contribution in [2.45, 2.75) is 25.8 Å². The summed E-state index contributed by atoms with van der Waals surface area (Å²) in [6.07, 6.45) is 2.23. The molecule has 1 aliphatic heterocycles. The Morgan fingerprint density at radius 2 is 2.44 bits per heavy atom. The maximum Gasteiger partial charge on any atom is 0.271 e. The lowest BCUT2D eigenvalue weighted by Gasteiger charge is -2.01. The molecule has 6 nitrogen and oxygen atoms in total. The first kappa shape index (κ1) is 9.86. The molecule has 1 aliphatic rings. The van der Waals surface area contributed by atoms with Crippen molar-refractivity contribution in [2.24, 2.45) is 0 Å². The molecule has 1 atom stereocenters. The molecule has 0 radical (unpaired) electrons. The van der Waals surface area contributed by atoms with Gasteiger partial charge in [0.15, 0.2) is 5.82 Å². The molecule has 0 amide bonds. The normalized spacial score (nSPS) is 20.4. The number of aryl methyl sites for hydroxylation is 1. The van der Waals surface area contributed by atoms with Crippen molar-refractivity contribution in [2.75, 3.05) is 6.54 Å². The lowest BCUT2D eigenvalue weighted by atomic mass is 10.2. The summed E-state index contributed by atoms with van der Waals surface area (Å²) in [5.74, 6) is 1.26. The van der Waals surface area contributed by atoms with Gasteiger partial charge in [-0.05, 0) is 37.8 Å². The standard InChI is InChI=1S/C9H11N5OS/c1-5-7(16-14-12-5)9-11-8(13-15-9)6-3-2-4-10-6/h6,10H,2-4H2,1H3. The van der Waals surface area contributed by atoms with Gasteiger partial charge < -0.3 is 9.84 Å². The van der Waals surface area contributed by atoms with Crippen LogP contribution in [0.25, 0.3) is 10.8 Å². The topological polar surface area (TPSA) is 76.7 Å². The Hall–Kier alpha value is -1.34. The van der Waals surface area contributed by atoms with Crippen LogP contribution in [0.5, 0.6) is 0 Å². The highest BCUT2D eigenvalue weighted by atomic mass is 32.1. The van der Waals surface area contributed by atoms with E-state index in [0.717, 1.165) is 35.8 Å². The molecule has 1 saturated heterocycles. The van der Waals surface area contributed by atoms with Crippen molar-refractivity contribution in [1.82, 2.24) is 25.0 Å². The zero-order chi connectivity index (χ0) is 11.0. The Morgan fingerprint density at radius 1 is 1.50 bits per heavy atom. The Morgan fingerprint density at radius 3 is 3.12 bits per heavy atom. The highest BCUT2D eigenvalue weighted by molar-refractivity contribution is 7.09. The fourth-order valence-corrected chi connectivity index (χ4v) is 2.38. The van der Waals surface area contributed by atoms with Crippen molar-refractivity contribution in [3.05, 3.63) is 11.5 Å². The third-order valence-electron chi connectivity index (χ3n) is 2.66. The van der Waals surface area contributed by atoms with Gasteiger partial charge in [0.05, 0.1) is 11.7 Å². The molecule has 0 aliphatic carbocycles. The summed E-state index contributed by atoms with van der Waals surface area (Å²) in [7, 11) is 0. The molecule has 0 bridgehead atoms. The molecule has 3 rings (SSSR count). The smallest absolute Gasteiger partial charge is 0.271 e. The Bertz CT molecular complexity index is 488. The Balaban J connectivity index is 1.90. The minimum absolute atomic E-state index is 0.235. The van der Waals surface area contributed by atoms with Gasteiger partial charge in [-0.15, -0.1) is 5.10 Å². The summed E-state index contributed by atoms with van der Waals surface area (Å²) in [6, 6.07) is 0.235. The van der Waals surface area contributed by atoms with Crippen LogP contribution >= 0.6 is 11.5 Å². The van der Waals surface area contributed by atoms with E-state index in [9.17, 15) is 0 Å². The molecule has 2 aromatic rings. The van der Waals surface area contributed by atoms with Gasteiger partial charge >= 0.3 is 0 Å². The molecule has 0 saturated carbocycles. The van der Waals surface area contributed by atoms with Gasteiger partial charge in [0.2, 0.25) is 0 Å². The molecule has 3 heterocycles. The Labute approximate surface area is 96.2 Å². The second-order valence-electron chi connectivity index (χ2n) is 3.79. The summed E-state index contributed by atoms with van der Waals surface area (Å²) < 4.78 is 9.08. The summed E-state index contributed by atoms with van der Waals surface area (Å²) in [6.45, 7) is 2.91. The van der Waals surface area contributed by atoms with E-state index in [0.29, 0.717) is 5.89 Å². The molecule has 0 aromatic carbocycles. The summed E-state index contributed by atoms with van der Waals surface area (Å²) in [4.78, 5) is 5.24. The lowest BCUT2D eigenvalue weighted by Crippen LogP contribution is -2.14. The average Bonchev–Trinajstić information content (AvgIpc) is 2.96. The first-order valence-corrected chi connectivity index (χ1v) is 5.98. The quantitative estimate of drug-likeness (QED) is 0.848. The number of aromatic nitrogens is 4. The monoisotopic (exact) mass is 237 g/mol. The van der Waals surface area contributed by atoms with E-state index in [-0.39, 0.29) is 6.04 Å². The maximum absolute atomic E-state index is 5.23. The molecule has 1 fully saturated rings. The summed E-state index contributed by atoms with van der Waals surface area (Å²) >= 11 is 1.28. The van der Waals surface area contributed by atoms with Crippen molar-refractivity contribution < 1.29 is 4.52 Å². The third-order valence-corrected chi connectivity index (χ3v) is 3.48. The number of nitrogens with one attached hydrogen (secondary N) is 1. The fraction of sp³-hybridized carbons (Fsp3) is 0.556. The van der Waals surface area contributed by atoms with Gasteiger partial charge in [-0.25, -0.2) is 0 Å².